The fourth-order valence-electron chi connectivity index (χ4n) is 2.16. The maximum atomic E-state index is 11.6. The molecular formula is C15H14N2O3. The third kappa shape index (κ3) is 2.66. The molecular weight excluding hydrogens is 256 g/mol. The van der Waals surface area contributed by atoms with Crippen molar-refractivity contribution in [3.63, 3.8) is 0 Å². The predicted molar refractivity (Wildman–Crippen MR) is 74.5 cm³/mol. The largest absolute Gasteiger partial charge is 0.325 e. The van der Waals surface area contributed by atoms with Crippen molar-refractivity contribution < 1.29 is 9.72 Å². The van der Waals surface area contributed by atoms with Gasteiger partial charge in [-0.2, -0.15) is 0 Å². The molecule has 2 aromatic rings. The molecule has 0 fully saturated rings. The molecule has 0 aliphatic carbocycles. The number of rotatable bonds is 6. The van der Waals surface area contributed by atoms with Crippen molar-refractivity contribution in [1.82, 2.24) is 5.32 Å². The SMILES string of the molecule is O=CNC(Cc1ccccc1)(c1ccccc1)[N+](=O)[O-]. The molecule has 1 atom stereocenters. The standard InChI is InChI=1S/C15H14N2O3/c18-12-16-15(17(19)20,14-9-5-2-6-10-14)11-13-7-3-1-4-8-13/h1-10,12H,11H2,(H,16,18). The summed E-state index contributed by atoms with van der Waals surface area (Å²) in [5.74, 6) is 0. The van der Waals surface area contributed by atoms with Crippen molar-refractivity contribution in [2.24, 2.45) is 0 Å². The van der Waals surface area contributed by atoms with E-state index in [1.807, 2.05) is 18.2 Å². The van der Waals surface area contributed by atoms with E-state index >= 15 is 0 Å². The van der Waals surface area contributed by atoms with Gasteiger partial charge in [-0.05, 0) is 17.7 Å². The van der Waals surface area contributed by atoms with Crippen LogP contribution < -0.4 is 5.32 Å². The zero-order chi connectivity index (χ0) is 14.4. The van der Waals surface area contributed by atoms with Crippen LogP contribution in [0.1, 0.15) is 11.1 Å². The number of hydrogen-bond acceptors (Lipinski definition) is 3. The molecule has 0 spiro atoms. The molecule has 0 aliphatic rings. The third-order valence-electron chi connectivity index (χ3n) is 3.16. The quantitative estimate of drug-likeness (QED) is 0.378. The van der Waals surface area contributed by atoms with Crippen LogP contribution >= 0.6 is 0 Å². The van der Waals surface area contributed by atoms with E-state index in [9.17, 15) is 14.9 Å². The normalized spacial score (nSPS) is 13.2. The highest BCUT2D eigenvalue weighted by Gasteiger charge is 2.44. The molecule has 5 heteroatoms. The van der Waals surface area contributed by atoms with Gasteiger partial charge in [-0.3, -0.25) is 20.2 Å². The number of nitrogens with zero attached hydrogens (tertiary/aromatic N) is 1. The van der Waals surface area contributed by atoms with Gasteiger partial charge in [-0.15, -0.1) is 0 Å². The Balaban J connectivity index is 2.48. The van der Waals surface area contributed by atoms with E-state index in [4.69, 9.17) is 0 Å². The fraction of sp³-hybridized carbons (Fsp3) is 0.133. The lowest BCUT2D eigenvalue weighted by Crippen LogP contribution is -2.50. The highest BCUT2D eigenvalue weighted by atomic mass is 16.6. The Bertz CT molecular complexity index is 587. The van der Waals surface area contributed by atoms with E-state index in [0.717, 1.165) is 5.56 Å². The summed E-state index contributed by atoms with van der Waals surface area (Å²) in [6.45, 7) is 0. The Morgan fingerprint density at radius 1 is 1.05 bits per heavy atom. The average molecular weight is 270 g/mol. The van der Waals surface area contributed by atoms with E-state index in [0.29, 0.717) is 12.0 Å². The van der Waals surface area contributed by atoms with Crippen molar-refractivity contribution in [3.05, 3.63) is 81.9 Å². The van der Waals surface area contributed by atoms with Gasteiger partial charge in [0.05, 0.1) is 16.9 Å². The van der Waals surface area contributed by atoms with E-state index in [2.05, 4.69) is 5.32 Å². The van der Waals surface area contributed by atoms with Crippen molar-refractivity contribution in [1.29, 1.82) is 0 Å². The van der Waals surface area contributed by atoms with Gasteiger partial charge in [0.2, 0.25) is 6.41 Å². The summed E-state index contributed by atoms with van der Waals surface area (Å²) in [6.07, 6.45) is 0.461. The highest BCUT2D eigenvalue weighted by molar-refractivity contribution is 5.49. The fourth-order valence-corrected chi connectivity index (χ4v) is 2.16. The second-order valence-electron chi connectivity index (χ2n) is 4.41. The van der Waals surface area contributed by atoms with E-state index < -0.39 is 10.6 Å². The van der Waals surface area contributed by atoms with Crippen molar-refractivity contribution in [3.8, 4) is 0 Å². The van der Waals surface area contributed by atoms with Gasteiger partial charge in [-0.1, -0.05) is 48.5 Å². The molecule has 0 radical (unpaired) electrons. The summed E-state index contributed by atoms with van der Waals surface area (Å²) in [4.78, 5) is 22.0. The average Bonchev–Trinajstić information content (AvgIpc) is 2.48. The summed E-state index contributed by atoms with van der Waals surface area (Å²) in [5.41, 5.74) is -0.423. The van der Waals surface area contributed by atoms with E-state index in [1.54, 1.807) is 42.5 Å². The molecule has 0 saturated carbocycles. The molecule has 0 saturated heterocycles. The monoisotopic (exact) mass is 270 g/mol. The van der Waals surface area contributed by atoms with E-state index in [-0.39, 0.29) is 6.42 Å². The number of carbonyl (C=O) groups excluding carboxylic acids is 1. The lowest BCUT2D eigenvalue weighted by molar-refractivity contribution is -0.585. The molecule has 1 amide bonds. The predicted octanol–water partition coefficient (Wildman–Crippen LogP) is 2.10. The first-order valence-corrected chi connectivity index (χ1v) is 6.14. The molecule has 0 aliphatic heterocycles. The molecule has 102 valence electrons. The molecule has 0 aromatic heterocycles. The van der Waals surface area contributed by atoms with E-state index in [1.165, 1.54) is 0 Å². The second-order valence-corrected chi connectivity index (χ2v) is 4.41. The first-order valence-electron chi connectivity index (χ1n) is 6.14. The van der Waals surface area contributed by atoms with Gasteiger partial charge in [0.15, 0.2) is 0 Å². The molecule has 0 bridgehead atoms. The lowest BCUT2D eigenvalue weighted by atomic mass is 9.92. The van der Waals surface area contributed by atoms with Crippen LogP contribution in [0, 0.1) is 10.1 Å². The van der Waals surface area contributed by atoms with Crippen molar-refractivity contribution >= 4 is 6.41 Å². The Morgan fingerprint density at radius 2 is 1.60 bits per heavy atom. The maximum Gasteiger partial charge on any atom is 0.325 e. The number of amides is 1. The van der Waals surface area contributed by atoms with Gasteiger partial charge < -0.3 is 0 Å². The number of nitro groups is 1. The van der Waals surface area contributed by atoms with Gasteiger partial charge in [0, 0.05) is 0 Å². The summed E-state index contributed by atoms with van der Waals surface area (Å²) in [7, 11) is 0. The molecule has 5 nitrogen and oxygen atoms in total. The zero-order valence-electron chi connectivity index (χ0n) is 10.7. The minimum atomic E-state index is -1.65. The van der Waals surface area contributed by atoms with Crippen LogP contribution in [-0.2, 0) is 16.9 Å². The minimum absolute atomic E-state index is 0.0869. The Morgan fingerprint density at radius 3 is 2.10 bits per heavy atom. The summed E-state index contributed by atoms with van der Waals surface area (Å²) >= 11 is 0. The maximum absolute atomic E-state index is 11.6. The summed E-state index contributed by atoms with van der Waals surface area (Å²) in [5, 5.41) is 14.0. The van der Waals surface area contributed by atoms with Crippen LogP contribution in [0.2, 0.25) is 0 Å². The van der Waals surface area contributed by atoms with Crippen LogP contribution in [0.15, 0.2) is 60.7 Å². The zero-order valence-corrected chi connectivity index (χ0v) is 10.7. The molecule has 1 unspecified atom stereocenters. The van der Waals surface area contributed by atoms with Crippen LogP contribution in [0.3, 0.4) is 0 Å². The molecule has 20 heavy (non-hydrogen) atoms. The van der Waals surface area contributed by atoms with Crippen molar-refractivity contribution in [2.75, 3.05) is 0 Å². The topological polar surface area (TPSA) is 72.2 Å². The Hall–Kier alpha value is -2.69. The van der Waals surface area contributed by atoms with Gasteiger partial charge in [0.25, 0.3) is 0 Å². The number of carbonyl (C=O) groups is 1. The number of nitrogens with one attached hydrogen (secondary N) is 1. The van der Waals surface area contributed by atoms with Crippen LogP contribution in [0.25, 0.3) is 0 Å². The Labute approximate surface area is 116 Å². The lowest BCUT2D eigenvalue weighted by Gasteiger charge is -2.25. The summed E-state index contributed by atoms with van der Waals surface area (Å²) in [6, 6.07) is 17.5. The molecule has 2 rings (SSSR count). The van der Waals surface area contributed by atoms with Crippen LogP contribution in [0.4, 0.5) is 0 Å². The Kier molecular flexibility index (Phi) is 4.10. The highest BCUT2D eigenvalue weighted by Crippen LogP contribution is 2.26. The smallest absolute Gasteiger partial charge is 0.290 e. The van der Waals surface area contributed by atoms with Gasteiger partial charge in [-0.25, -0.2) is 0 Å². The first-order chi connectivity index (χ1) is 9.69. The molecule has 1 N–H and O–H groups in total. The van der Waals surface area contributed by atoms with Crippen LogP contribution in [0.5, 0.6) is 0 Å². The molecule has 2 aromatic carbocycles. The van der Waals surface area contributed by atoms with Gasteiger partial charge in [0.1, 0.15) is 0 Å². The number of benzene rings is 2. The summed E-state index contributed by atoms with van der Waals surface area (Å²) < 4.78 is 0. The van der Waals surface area contributed by atoms with Gasteiger partial charge >= 0.3 is 5.66 Å². The first kappa shape index (κ1) is 13.7. The van der Waals surface area contributed by atoms with Crippen LogP contribution in [-0.4, -0.2) is 11.3 Å². The minimum Gasteiger partial charge on any atom is -0.290 e. The second kappa shape index (κ2) is 5.97. The third-order valence-corrected chi connectivity index (χ3v) is 3.16. The number of hydrogen-bond donors (Lipinski definition) is 1. The van der Waals surface area contributed by atoms with Crippen molar-refractivity contribution in [2.45, 2.75) is 12.1 Å². The molecule has 0 heterocycles.